The Morgan fingerprint density at radius 2 is 2.17 bits per heavy atom. The van der Waals surface area contributed by atoms with Gasteiger partial charge in [-0.25, -0.2) is 9.37 Å². The molecule has 0 bridgehead atoms. The number of nitrogens with zero attached hydrogens (tertiary/aromatic N) is 2. The first-order chi connectivity index (χ1) is 8.66. The highest BCUT2D eigenvalue weighted by Crippen LogP contribution is 2.20. The third-order valence-corrected chi connectivity index (χ3v) is 3.13. The topological polar surface area (TPSA) is 33.6 Å². The third kappa shape index (κ3) is 1.64. The minimum absolute atomic E-state index is 0.254. The van der Waals surface area contributed by atoms with Crippen LogP contribution in [0, 0.1) is 17.5 Å². The summed E-state index contributed by atoms with van der Waals surface area (Å²) >= 11 is 5.30. The minimum Gasteiger partial charge on any atom is -0.329 e. The lowest BCUT2D eigenvalue weighted by Gasteiger charge is -2.07. The van der Waals surface area contributed by atoms with Crippen molar-refractivity contribution in [1.29, 1.82) is 0 Å². The third-order valence-electron chi connectivity index (χ3n) is 2.84. The summed E-state index contributed by atoms with van der Waals surface area (Å²) in [6.07, 6.45) is 1.71. The summed E-state index contributed by atoms with van der Waals surface area (Å²) in [5.74, 6) is -0.254. The fourth-order valence-electron chi connectivity index (χ4n) is 2.03. The molecule has 2 heterocycles. The van der Waals surface area contributed by atoms with Crippen molar-refractivity contribution in [2.24, 2.45) is 0 Å². The number of fused-ring (bicyclic) bond motifs is 1. The molecule has 90 valence electrons. The van der Waals surface area contributed by atoms with Gasteiger partial charge in [0.15, 0.2) is 10.4 Å². The van der Waals surface area contributed by atoms with Crippen LogP contribution in [0.5, 0.6) is 0 Å². The van der Waals surface area contributed by atoms with Gasteiger partial charge in [-0.3, -0.25) is 4.57 Å². The van der Waals surface area contributed by atoms with E-state index in [0.29, 0.717) is 4.77 Å². The molecule has 0 saturated carbocycles. The van der Waals surface area contributed by atoms with Crippen LogP contribution in [-0.4, -0.2) is 14.5 Å². The molecule has 0 unspecified atom stereocenters. The monoisotopic (exact) mass is 259 g/mol. The first kappa shape index (κ1) is 11.1. The van der Waals surface area contributed by atoms with Crippen molar-refractivity contribution >= 4 is 23.4 Å². The van der Waals surface area contributed by atoms with Crippen molar-refractivity contribution in [3.05, 3.63) is 52.7 Å². The number of hydrogen-bond acceptors (Lipinski definition) is 2. The fourth-order valence-corrected chi connectivity index (χ4v) is 2.33. The first-order valence-electron chi connectivity index (χ1n) is 5.49. The largest absolute Gasteiger partial charge is 0.329 e. The maximum Gasteiger partial charge on any atom is 0.184 e. The Bertz CT molecular complexity index is 788. The molecule has 0 aliphatic heterocycles. The maximum atomic E-state index is 13.1. The number of aromatic nitrogens is 3. The lowest BCUT2D eigenvalue weighted by Crippen LogP contribution is -1.98. The quantitative estimate of drug-likeness (QED) is 0.678. The molecule has 0 radical (unpaired) electrons. The van der Waals surface area contributed by atoms with Crippen LogP contribution >= 0.6 is 12.2 Å². The average Bonchev–Trinajstić information content (AvgIpc) is 2.66. The van der Waals surface area contributed by atoms with Crippen LogP contribution in [0.4, 0.5) is 4.39 Å². The molecule has 0 fully saturated rings. The predicted molar refractivity (Wildman–Crippen MR) is 70.9 cm³/mol. The van der Waals surface area contributed by atoms with Crippen LogP contribution in [-0.2, 0) is 0 Å². The second kappa shape index (κ2) is 4.03. The molecule has 2 aromatic heterocycles. The van der Waals surface area contributed by atoms with Gasteiger partial charge in [0, 0.05) is 6.20 Å². The highest BCUT2D eigenvalue weighted by molar-refractivity contribution is 7.71. The predicted octanol–water partition coefficient (Wildman–Crippen LogP) is 3.53. The van der Waals surface area contributed by atoms with E-state index in [1.807, 2.05) is 23.6 Å². The van der Waals surface area contributed by atoms with Gasteiger partial charge < -0.3 is 4.98 Å². The number of pyridine rings is 1. The fraction of sp³-hybridized carbons (Fsp3) is 0.0769. The summed E-state index contributed by atoms with van der Waals surface area (Å²) in [6.45, 7) is 1.85. The van der Waals surface area contributed by atoms with Gasteiger partial charge in [-0.05, 0) is 55.0 Å². The van der Waals surface area contributed by atoms with Crippen LogP contribution in [0.1, 0.15) is 5.56 Å². The smallest absolute Gasteiger partial charge is 0.184 e. The molecule has 5 heteroatoms. The lowest BCUT2D eigenvalue weighted by atomic mass is 10.2. The van der Waals surface area contributed by atoms with Gasteiger partial charge in [-0.2, -0.15) is 0 Å². The minimum atomic E-state index is -0.254. The Morgan fingerprint density at radius 3 is 2.94 bits per heavy atom. The Morgan fingerprint density at radius 1 is 1.33 bits per heavy atom. The highest BCUT2D eigenvalue weighted by atomic mass is 32.1. The van der Waals surface area contributed by atoms with Crippen LogP contribution in [0.3, 0.4) is 0 Å². The van der Waals surface area contributed by atoms with Crippen LogP contribution in [0.15, 0.2) is 36.5 Å². The van der Waals surface area contributed by atoms with E-state index in [-0.39, 0.29) is 5.82 Å². The van der Waals surface area contributed by atoms with Gasteiger partial charge in [0.25, 0.3) is 0 Å². The summed E-state index contributed by atoms with van der Waals surface area (Å²) in [7, 11) is 0. The van der Waals surface area contributed by atoms with Crippen LogP contribution < -0.4 is 0 Å². The Labute approximate surface area is 108 Å². The summed E-state index contributed by atoms with van der Waals surface area (Å²) in [4.78, 5) is 7.40. The highest BCUT2D eigenvalue weighted by Gasteiger charge is 2.09. The van der Waals surface area contributed by atoms with E-state index in [1.54, 1.807) is 12.3 Å². The number of imidazole rings is 1. The Kier molecular flexibility index (Phi) is 2.48. The Balaban J connectivity index is 2.38. The normalized spacial score (nSPS) is 11.0. The van der Waals surface area contributed by atoms with E-state index in [4.69, 9.17) is 12.2 Å². The molecule has 3 nitrogen and oxygen atoms in total. The van der Waals surface area contributed by atoms with Crippen LogP contribution in [0.25, 0.3) is 16.9 Å². The molecule has 0 aliphatic rings. The van der Waals surface area contributed by atoms with Crippen molar-refractivity contribution in [2.75, 3.05) is 0 Å². The van der Waals surface area contributed by atoms with Gasteiger partial charge >= 0.3 is 0 Å². The van der Waals surface area contributed by atoms with E-state index < -0.39 is 0 Å². The van der Waals surface area contributed by atoms with E-state index in [2.05, 4.69) is 9.97 Å². The standard InChI is InChI=1S/C13H10FN3S/c1-8-7-9(14)4-5-11(8)17-12-10(16-13(17)18)3-2-6-15-12/h2-7H,1H3,(H,16,18). The van der Waals surface area contributed by atoms with E-state index >= 15 is 0 Å². The number of H-pyrrole nitrogens is 1. The Hall–Kier alpha value is -2.01. The molecule has 0 amide bonds. The van der Waals surface area contributed by atoms with Crippen molar-refractivity contribution in [1.82, 2.24) is 14.5 Å². The summed E-state index contributed by atoms with van der Waals surface area (Å²) in [6, 6.07) is 8.37. The number of rotatable bonds is 1. The molecule has 1 N–H and O–H groups in total. The number of aromatic amines is 1. The summed E-state index contributed by atoms with van der Waals surface area (Å²) in [5, 5.41) is 0. The number of halogens is 1. The van der Waals surface area contributed by atoms with E-state index in [9.17, 15) is 4.39 Å². The van der Waals surface area contributed by atoms with Gasteiger partial charge in [0.05, 0.1) is 11.2 Å². The molecule has 0 atom stereocenters. The van der Waals surface area contributed by atoms with Crippen molar-refractivity contribution in [2.45, 2.75) is 6.92 Å². The molecular formula is C13H10FN3S. The zero-order valence-corrected chi connectivity index (χ0v) is 10.5. The number of hydrogen-bond donors (Lipinski definition) is 1. The molecular weight excluding hydrogens is 249 g/mol. The zero-order chi connectivity index (χ0) is 12.7. The van der Waals surface area contributed by atoms with Gasteiger partial charge in [0.2, 0.25) is 0 Å². The van der Waals surface area contributed by atoms with Crippen LogP contribution in [0.2, 0.25) is 0 Å². The SMILES string of the molecule is Cc1cc(F)ccc1-n1c(=S)[nH]c2cccnc21. The maximum absolute atomic E-state index is 13.1. The molecule has 18 heavy (non-hydrogen) atoms. The van der Waals surface area contributed by atoms with Crippen molar-refractivity contribution < 1.29 is 4.39 Å². The van der Waals surface area contributed by atoms with Gasteiger partial charge in [-0.1, -0.05) is 0 Å². The number of aryl methyl sites for hydroxylation is 1. The first-order valence-corrected chi connectivity index (χ1v) is 5.90. The van der Waals surface area contributed by atoms with E-state index in [1.165, 1.54) is 12.1 Å². The average molecular weight is 259 g/mol. The second-order valence-electron chi connectivity index (χ2n) is 4.07. The molecule has 3 rings (SSSR count). The second-order valence-corrected chi connectivity index (χ2v) is 4.46. The van der Waals surface area contributed by atoms with Gasteiger partial charge in [-0.15, -0.1) is 0 Å². The molecule has 0 aliphatic carbocycles. The number of benzene rings is 1. The summed E-state index contributed by atoms with van der Waals surface area (Å²) in [5.41, 5.74) is 3.27. The molecule has 0 spiro atoms. The lowest BCUT2D eigenvalue weighted by molar-refractivity contribution is 0.626. The molecule has 3 aromatic rings. The summed E-state index contributed by atoms with van der Waals surface area (Å²) < 4.78 is 15.5. The molecule has 0 saturated heterocycles. The van der Waals surface area contributed by atoms with Crippen molar-refractivity contribution in [3.8, 4) is 5.69 Å². The van der Waals surface area contributed by atoms with Crippen molar-refractivity contribution in [3.63, 3.8) is 0 Å². The van der Waals surface area contributed by atoms with Gasteiger partial charge in [0.1, 0.15) is 5.82 Å². The zero-order valence-electron chi connectivity index (χ0n) is 9.64. The van der Waals surface area contributed by atoms with E-state index in [0.717, 1.165) is 22.4 Å². The number of nitrogens with one attached hydrogen (secondary N) is 1. The molecule has 1 aromatic carbocycles.